The van der Waals surface area contributed by atoms with Gasteiger partial charge in [0.15, 0.2) is 0 Å². The van der Waals surface area contributed by atoms with Crippen molar-refractivity contribution in [1.29, 1.82) is 0 Å². The Balaban J connectivity index is 2.40. The number of carbonyl (C=O) groups excluding carboxylic acids is 2. The first-order chi connectivity index (χ1) is 16.0. The summed E-state index contributed by atoms with van der Waals surface area (Å²) in [6.07, 6.45) is 1.80. The Kier molecular flexibility index (Phi) is 9.49. The number of hydrogen-bond acceptors (Lipinski definition) is 5. The SMILES string of the molecule is CC[C@@H](C)NC(=O)[C@@H](C)N(Cc1cccc(C)c1)C(=O)CN(c1cccc(OC)c1)S(C)(=O)=O. The molecule has 0 radical (unpaired) electrons. The third-order valence-electron chi connectivity index (χ3n) is 5.62. The largest absolute Gasteiger partial charge is 0.497 e. The van der Waals surface area contributed by atoms with Crippen LogP contribution in [-0.2, 0) is 26.2 Å². The second kappa shape index (κ2) is 11.9. The minimum Gasteiger partial charge on any atom is -0.497 e. The molecule has 0 fully saturated rings. The van der Waals surface area contributed by atoms with Crippen molar-refractivity contribution >= 4 is 27.5 Å². The molecule has 1 N–H and O–H groups in total. The van der Waals surface area contributed by atoms with Crippen LogP contribution in [0.4, 0.5) is 5.69 Å². The number of amides is 2. The van der Waals surface area contributed by atoms with Gasteiger partial charge in [0, 0.05) is 18.7 Å². The van der Waals surface area contributed by atoms with Crippen molar-refractivity contribution in [3.05, 3.63) is 59.7 Å². The molecule has 0 aromatic heterocycles. The van der Waals surface area contributed by atoms with E-state index in [-0.39, 0.29) is 18.5 Å². The maximum atomic E-state index is 13.5. The molecule has 2 atom stereocenters. The Bertz CT molecular complexity index is 1100. The van der Waals surface area contributed by atoms with Crippen LogP contribution in [0.3, 0.4) is 0 Å². The van der Waals surface area contributed by atoms with E-state index in [1.807, 2.05) is 45.0 Å². The molecule has 0 bridgehead atoms. The van der Waals surface area contributed by atoms with Crippen LogP contribution in [0.2, 0.25) is 0 Å². The number of benzene rings is 2. The van der Waals surface area contributed by atoms with Gasteiger partial charge in [-0.15, -0.1) is 0 Å². The number of aryl methyl sites for hydroxylation is 1. The molecule has 0 saturated carbocycles. The predicted octanol–water partition coefficient (Wildman–Crippen LogP) is 3.10. The fourth-order valence-corrected chi connectivity index (χ4v) is 4.28. The Hall–Kier alpha value is -3.07. The number of methoxy groups -OCH3 is 1. The molecule has 0 unspecified atom stereocenters. The van der Waals surface area contributed by atoms with Gasteiger partial charge in [0.25, 0.3) is 0 Å². The van der Waals surface area contributed by atoms with Crippen LogP contribution in [0.5, 0.6) is 5.75 Å². The summed E-state index contributed by atoms with van der Waals surface area (Å²) in [6, 6.07) is 13.3. The van der Waals surface area contributed by atoms with Crippen LogP contribution in [0.15, 0.2) is 48.5 Å². The van der Waals surface area contributed by atoms with E-state index in [0.29, 0.717) is 11.4 Å². The average molecular weight is 490 g/mol. The molecule has 0 aliphatic heterocycles. The maximum Gasteiger partial charge on any atom is 0.244 e. The van der Waals surface area contributed by atoms with E-state index in [1.54, 1.807) is 31.2 Å². The van der Waals surface area contributed by atoms with E-state index >= 15 is 0 Å². The van der Waals surface area contributed by atoms with Crippen molar-refractivity contribution in [2.24, 2.45) is 0 Å². The van der Waals surface area contributed by atoms with E-state index in [4.69, 9.17) is 4.74 Å². The van der Waals surface area contributed by atoms with Crippen LogP contribution < -0.4 is 14.4 Å². The second-order valence-corrected chi connectivity index (χ2v) is 10.4. The molecule has 34 heavy (non-hydrogen) atoms. The van der Waals surface area contributed by atoms with Gasteiger partial charge in [-0.25, -0.2) is 8.42 Å². The molecular weight excluding hydrogens is 454 g/mol. The topological polar surface area (TPSA) is 96.0 Å². The zero-order chi connectivity index (χ0) is 25.5. The number of sulfonamides is 1. The number of hydrogen-bond donors (Lipinski definition) is 1. The van der Waals surface area contributed by atoms with E-state index in [1.165, 1.54) is 12.0 Å². The van der Waals surface area contributed by atoms with E-state index in [9.17, 15) is 18.0 Å². The standard InChI is InChI=1S/C25H35N3O5S/c1-7-19(3)26-25(30)20(4)27(16-21-11-8-10-18(2)14-21)24(29)17-28(34(6,31)32)22-12-9-13-23(15-22)33-5/h8-15,19-20H,7,16-17H2,1-6H3,(H,26,30)/t19-,20-/m1/s1. The minimum absolute atomic E-state index is 0.0461. The Morgan fingerprint density at radius 2 is 1.76 bits per heavy atom. The molecule has 186 valence electrons. The summed E-state index contributed by atoms with van der Waals surface area (Å²) < 4.78 is 31.5. The third kappa shape index (κ3) is 7.48. The van der Waals surface area contributed by atoms with Crippen LogP contribution >= 0.6 is 0 Å². The van der Waals surface area contributed by atoms with Crippen molar-refractivity contribution in [2.45, 2.75) is 52.7 Å². The van der Waals surface area contributed by atoms with Gasteiger partial charge < -0.3 is 15.0 Å². The van der Waals surface area contributed by atoms with Gasteiger partial charge in [-0.3, -0.25) is 13.9 Å². The van der Waals surface area contributed by atoms with Crippen LogP contribution in [0.25, 0.3) is 0 Å². The van der Waals surface area contributed by atoms with Gasteiger partial charge in [0.05, 0.1) is 19.1 Å². The highest BCUT2D eigenvalue weighted by atomic mass is 32.2. The quantitative estimate of drug-likeness (QED) is 0.523. The molecule has 8 nitrogen and oxygen atoms in total. The zero-order valence-electron chi connectivity index (χ0n) is 20.7. The fraction of sp³-hybridized carbons (Fsp3) is 0.440. The lowest BCUT2D eigenvalue weighted by atomic mass is 10.1. The van der Waals surface area contributed by atoms with Crippen LogP contribution in [-0.4, -0.2) is 57.1 Å². The molecule has 0 spiro atoms. The normalized spacial score (nSPS) is 13.0. The number of anilines is 1. The molecule has 0 aliphatic carbocycles. The number of nitrogens with one attached hydrogen (secondary N) is 1. The highest BCUT2D eigenvalue weighted by Gasteiger charge is 2.30. The molecule has 9 heteroatoms. The summed E-state index contributed by atoms with van der Waals surface area (Å²) in [5.74, 6) is -0.305. The maximum absolute atomic E-state index is 13.5. The number of ether oxygens (including phenoxy) is 1. The molecule has 2 rings (SSSR count). The van der Waals surface area contributed by atoms with E-state index < -0.39 is 28.5 Å². The van der Waals surface area contributed by atoms with Gasteiger partial charge >= 0.3 is 0 Å². The molecule has 2 aromatic carbocycles. The minimum atomic E-state index is -3.79. The second-order valence-electron chi connectivity index (χ2n) is 8.48. The first kappa shape index (κ1) is 27.2. The molecule has 2 aromatic rings. The first-order valence-electron chi connectivity index (χ1n) is 11.2. The molecule has 0 saturated heterocycles. The lowest BCUT2D eigenvalue weighted by Gasteiger charge is -2.32. The van der Waals surface area contributed by atoms with E-state index in [2.05, 4.69) is 5.32 Å². The van der Waals surface area contributed by atoms with Gasteiger partial charge in [-0.2, -0.15) is 0 Å². The Labute approximate surface area is 202 Å². The third-order valence-corrected chi connectivity index (χ3v) is 6.76. The number of rotatable bonds is 11. The number of carbonyl (C=O) groups is 2. The first-order valence-corrected chi connectivity index (χ1v) is 13.1. The van der Waals surface area contributed by atoms with Gasteiger partial charge in [0.1, 0.15) is 18.3 Å². The smallest absolute Gasteiger partial charge is 0.244 e. The zero-order valence-corrected chi connectivity index (χ0v) is 21.6. The summed E-state index contributed by atoms with van der Waals surface area (Å²) in [7, 11) is -2.31. The number of nitrogens with zero attached hydrogens (tertiary/aromatic N) is 2. The lowest BCUT2D eigenvalue weighted by Crippen LogP contribution is -2.52. The highest BCUT2D eigenvalue weighted by molar-refractivity contribution is 7.92. The van der Waals surface area contributed by atoms with Crippen LogP contribution in [0.1, 0.15) is 38.3 Å². The summed E-state index contributed by atoms with van der Waals surface area (Å²) in [4.78, 5) is 27.8. The van der Waals surface area contributed by atoms with Gasteiger partial charge in [-0.05, 0) is 44.9 Å². The Morgan fingerprint density at radius 1 is 1.09 bits per heavy atom. The summed E-state index contributed by atoms with van der Waals surface area (Å²) in [5.41, 5.74) is 2.18. The van der Waals surface area contributed by atoms with Crippen molar-refractivity contribution in [3.63, 3.8) is 0 Å². The van der Waals surface area contributed by atoms with Crippen molar-refractivity contribution in [3.8, 4) is 5.75 Å². The fourth-order valence-electron chi connectivity index (χ4n) is 3.43. The lowest BCUT2D eigenvalue weighted by molar-refractivity contribution is -0.139. The molecule has 2 amide bonds. The summed E-state index contributed by atoms with van der Waals surface area (Å²) in [5, 5.41) is 2.91. The summed E-state index contributed by atoms with van der Waals surface area (Å²) in [6.45, 7) is 7.18. The molecular formula is C25H35N3O5S. The van der Waals surface area contributed by atoms with Crippen molar-refractivity contribution in [1.82, 2.24) is 10.2 Å². The average Bonchev–Trinajstić information content (AvgIpc) is 2.79. The van der Waals surface area contributed by atoms with Crippen molar-refractivity contribution < 1.29 is 22.7 Å². The summed E-state index contributed by atoms with van der Waals surface area (Å²) >= 11 is 0. The van der Waals surface area contributed by atoms with Crippen molar-refractivity contribution in [2.75, 3.05) is 24.2 Å². The van der Waals surface area contributed by atoms with E-state index in [0.717, 1.165) is 28.1 Å². The van der Waals surface area contributed by atoms with Gasteiger partial charge in [0.2, 0.25) is 21.8 Å². The highest BCUT2D eigenvalue weighted by Crippen LogP contribution is 2.23. The molecule has 0 heterocycles. The Morgan fingerprint density at radius 3 is 2.35 bits per heavy atom. The van der Waals surface area contributed by atoms with Gasteiger partial charge in [-0.1, -0.05) is 42.8 Å². The van der Waals surface area contributed by atoms with Crippen LogP contribution in [0, 0.1) is 6.92 Å². The molecule has 0 aliphatic rings. The predicted molar refractivity (Wildman–Crippen MR) is 134 cm³/mol. The monoisotopic (exact) mass is 489 g/mol.